The summed E-state index contributed by atoms with van der Waals surface area (Å²) in [6, 6.07) is 21.8. The van der Waals surface area contributed by atoms with Crippen LogP contribution in [-0.2, 0) is 4.74 Å². The molecule has 1 atom stereocenters. The van der Waals surface area contributed by atoms with Crippen LogP contribution < -0.4 is 10.2 Å². The molecule has 37 heavy (non-hydrogen) atoms. The van der Waals surface area contributed by atoms with E-state index in [4.69, 9.17) is 13.9 Å². The van der Waals surface area contributed by atoms with Gasteiger partial charge in [-0.3, -0.25) is 14.5 Å². The summed E-state index contributed by atoms with van der Waals surface area (Å²) in [5, 5.41) is 0.442. The molecule has 1 aromatic heterocycles. The Hall–Kier alpha value is -3.46. The van der Waals surface area contributed by atoms with Gasteiger partial charge >= 0.3 is 0 Å². The van der Waals surface area contributed by atoms with E-state index in [0.717, 1.165) is 23.1 Å². The molecule has 0 radical (unpaired) electrons. The van der Waals surface area contributed by atoms with E-state index in [-0.39, 0.29) is 17.1 Å². The number of para-hydroxylation sites is 1. The van der Waals surface area contributed by atoms with Gasteiger partial charge in [0.05, 0.1) is 30.2 Å². The largest absolute Gasteiger partial charge is 0.457 e. The average molecular weight is 561 g/mol. The Balaban J connectivity index is 1.43. The van der Waals surface area contributed by atoms with Crippen LogP contribution in [0.2, 0.25) is 0 Å². The van der Waals surface area contributed by atoms with Crippen LogP contribution in [0.4, 0.5) is 0 Å². The van der Waals surface area contributed by atoms with Gasteiger partial charge in [0.2, 0.25) is 5.76 Å². The Bertz CT molecular complexity index is 1510. The second kappa shape index (κ2) is 10.1. The van der Waals surface area contributed by atoms with Gasteiger partial charge in [0.25, 0.3) is 5.91 Å². The second-order valence-electron chi connectivity index (χ2n) is 9.16. The van der Waals surface area contributed by atoms with E-state index >= 15 is 0 Å². The van der Waals surface area contributed by atoms with Crippen LogP contribution in [0.25, 0.3) is 11.0 Å². The first-order valence-corrected chi connectivity index (χ1v) is 13.1. The van der Waals surface area contributed by atoms with Crippen LogP contribution in [0, 0.1) is 0 Å². The lowest BCUT2D eigenvalue weighted by Crippen LogP contribution is -2.42. The van der Waals surface area contributed by atoms with E-state index in [0.29, 0.717) is 54.3 Å². The highest BCUT2D eigenvalue weighted by Crippen LogP contribution is 2.39. The molecule has 0 bridgehead atoms. The number of benzene rings is 3. The minimum Gasteiger partial charge on any atom is -0.457 e. The van der Waals surface area contributed by atoms with E-state index in [9.17, 15) is 9.59 Å². The van der Waals surface area contributed by atoms with Crippen molar-refractivity contribution < 1.29 is 18.7 Å². The summed E-state index contributed by atoms with van der Waals surface area (Å²) in [7, 11) is 0. The number of hydrogen-bond donors (Lipinski definition) is 0. The van der Waals surface area contributed by atoms with Crippen LogP contribution in [0.1, 0.15) is 27.7 Å². The van der Waals surface area contributed by atoms with Crippen molar-refractivity contribution in [3.63, 3.8) is 0 Å². The maximum absolute atomic E-state index is 13.8. The number of nitrogens with zero attached hydrogens (tertiary/aromatic N) is 2. The molecular formula is C29H25BrN2O5. The summed E-state index contributed by atoms with van der Waals surface area (Å²) in [5.41, 5.74) is 1.37. The molecule has 2 aliphatic rings. The third-order valence-electron chi connectivity index (χ3n) is 6.84. The number of rotatable bonds is 6. The van der Waals surface area contributed by atoms with Crippen molar-refractivity contribution in [2.75, 3.05) is 39.4 Å². The molecular weight excluding hydrogens is 536 g/mol. The lowest BCUT2D eigenvalue weighted by atomic mass is 9.98. The fraction of sp³-hybridized carbons (Fsp3) is 0.241. The third-order valence-corrected chi connectivity index (χ3v) is 7.33. The summed E-state index contributed by atoms with van der Waals surface area (Å²) < 4.78 is 18.4. The highest BCUT2D eigenvalue weighted by molar-refractivity contribution is 9.10. The first kappa shape index (κ1) is 23.9. The molecule has 0 saturated carbocycles. The van der Waals surface area contributed by atoms with Gasteiger partial charge in [0.1, 0.15) is 17.1 Å². The molecule has 0 aliphatic carbocycles. The van der Waals surface area contributed by atoms with Crippen LogP contribution in [0.5, 0.6) is 11.5 Å². The first-order valence-electron chi connectivity index (χ1n) is 12.3. The summed E-state index contributed by atoms with van der Waals surface area (Å²) in [6.07, 6.45) is 0. The van der Waals surface area contributed by atoms with Crippen molar-refractivity contribution in [2.45, 2.75) is 6.04 Å². The SMILES string of the molecule is O=C1c2oc3ccc(Br)cc3c(=O)c2C(c2cccc(Oc3ccccc3)c2)N1CCN1CCOCC1. The number of amides is 1. The number of morpholine rings is 1. The lowest BCUT2D eigenvalue weighted by Gasteiger charge is -2.31. The average Bonchev–Trinajstić information content (AvgIpc) is 3.21. The fourth-order valence-corrected chi connectivity index (χ4v) is 5.38. The van der Waals surface area contributed by atoms with Crippen molar-refractivity contribution in [3.8, 4) is 11.5 Å². The van der Waals surface area contributed by atoms with Crippen molar-refractivity contribution in [1.29, 1.82) is 0 Å². The first-order chi connectivity index (χ1) is 18.1. The van der Waals surface area contributed by atoms with Crippen molar-refractivity contribution in [1.82, 2.24) is 9.80 Å². The number of hydrogen-bond acceptors (Lipinski definition) is 6. The quantitative estimate of drug-likeness (QED) is 0.321. The molecule has 3 heterocycles. The Morgan fingerprint density at radius 3 is 2.49 bits per heavy atom. The molecule has 8 heteroatoms. The van der Waals surface area contributed by atoms with Gasteiger partial charge in [0, 0.05) is 30.7 Å². The molecule has 188 valence electrons. The number of carbonyl (C=O) groups is 1. The molecule has 3 aromatic carbocycles. The highest BCUT2D eigenvalue weighted by atomic mass is 79.9. The maximum atomic E-state index is 13.8. The Labute approximate surface area is 222 Å². The van der Waals surface area contributed by atoms with E-state index in [1.54, 1.807) is 23.1 Å². The van der Waals surface area contributed by atoms with E-state index in [1.807, 2.05) is 54.6 Å². The monoisotopic (exact) mass is 560 g/mol. The number of ether oxygens (including phenoxy) is 2. The third kappa shape index (κ3) is 4.68. The maximum Gasteiger partial charge on any atom is 0.290 e. The minimum atomic E-state index is -0.581. The Kier molecular flexibility index (Phi) is 6.54. The van der Waals surface area contributed by atoms with Gasteiger partial charge in [0.15, 0.2) is 5.43 Å². The van der Waals surface area contributed by atoms with Gasteiger partial charge in [-0.2, -0.15) is 0 Å². The van der Waals surface area contributed by atoms with Gasteiger partial charge in [-0.25, -0.2) is 0 Å². The Morgan fingerprint density at radius 2 is 1.68 bits per heavy atom. The highest BCUT2D eigenvalue weighted by Gasteiger charge is 2.42. The topological polar surface area (TPSA) is 72.2 Å². The fourth-order valence-electron chi connectivity index (χ4n) is 5.02. The van der Waals surface area contributed by atoms with E-state index < -0.39 is 6.04 Å². The van der Waals surface area contributed by atoms with Crippen molar-refractivity contribution in [3.05, 3.63) is 104 Å². The number of fused-ring (bicyclic) bond motifs is 2. The van der Waals surface area contributed by atoms with Crippen LogP contribution >= 0.6 is 15.9 Å². The summed E-state index contributed by atoms with van der Waals surface area (Å²) in [5.74, 6) is 1.18. The summed E-state index contributed by atoms with van der Waals surface area (Å²) >= 11 is 3.45. The minimum absolute atomic E-state index is 0.112. The molecule has 6 rings (SSSR count). The number of halogens is 1. The van der Waals surface area contributed by atoms with Crippen molar-refractivity contribution in [2.24, 2.45) is 0 Å². The standard InChI is InChI=1S/C29H25BrN2O5/c30-20-9-10-24-23(18-20)27(33)25-26(19-5-4-8-22(17-19)36-21-6-2-1-3-7-21)32(29(34)28(25)37-24)12-11-31-13-15-35-16-14-31/h1-10,17-18,26H,11-16H2. The molecule has 1 unspecified atom stereocenters. The molecule has 0 spiro atoms. The Morgan fingerprint density at radius 1 is 0.892 bits per heavy atom. The number of carbonyl (C=O) groups excluding carboxylic acids is 1. The van der Waals surface area contributed by atoms with Crippen LogP contribution in [0.3, 0.4) is 0 Å². The van der Waals surface area contributed by atoms with Crippen LogP contribution in [0.15, 0.2) is 86.5 Å². The van der Waals surface area contributed by atoms with Gasteiger partial charge in [-0.15, -0.1) is 0 Å². The van der Waals surface area contributed by atoms with Gasteiger partial charge in [-0.1, -0.05) is 46.3 Å². The molecule has 1 saturated heterocycles. The van der Waals surface area contributed by atoms with Crippen molar-refractivity contribution >= 4 is 32.8 Å². The molecule has 2 aliphatic heterocycles. The second-order valence-corrected chi connectivity index (χ2v) is 10.1. The lowest BCUT2D eigenvalue weighted by molar-refractivity contribution is 0.0314. The van der Waals surface area contributed by atoms with E-state index in [1.165, 1.54) is 0 Å². The predicted molar refractivity (Wildman–Crippen MR) is 143 cm³/mol. The van der Waals surface area contributed by atoms with Gasteiger partial charge < -0.3 is 18.8 Å². The van der Waals surface area contributed by atoms with Crippen LogP contribution in [-0.4, -0.2) is 55.1 Å². The molecule has 1 fully saturated rings. The zero-order valence-electron chi connectivity index (χ0n) is 20.1. The molecule has 7 nitrogen and oxygen atoms in total. The molecule has 4 aromatic rings. The van der Waals surface area contributed by atoms with E-state index in [2.05, 4.69) is 20.8 Å². The summed E-state index contributed by atoms with van der Waals surface area (Å²) in [6.45, 7) is 4.12. The molecule has 0 N–H and O–H groups in total. The smallest absolute Gasteiger partial charge is 0.290 e. The predicted octanol–water partition coefficient (Wildman–Crippen LogP) is 5.23. The zero-order valence-corrected chi connectivity index (χ0v) is 21.6. The van der Waals surface area contributed by atoms with Gasteiger partial charge in [-0.05, 0) is 48.0 Å². The summed E-state index contributed by atoms with van der Waals surface area (Å²) in [4.78, 5) is 31.5. The molecule has 1 amide bonds. The zero-order chi connectivity index (χ0) is 25.4. The normalized spacial score (nSPS) is 17.8.